The van der Waals surface area contributed by atoms with E-state index in [2.05, 4.69) is 31.1 Å². The Morgan fingerprint density at radius 3 is 2.57 bits per heavy atom. The Morgan fingerprint density at radius 1 is 1.22 bits per heavy atom. The number of hydrogen-bond donors (Lipinski definition) is 2. The lowest BCUT2D eigenvalue weighted by atomic mass is 10.1. The van der Waals surface area contributed by atoms with Gasteiger partial charge in [0, 0.05) is 22.0 Å². The molecule has 0 aliphatic heterocycles. The number of fused-ring (bicyclic) bond motifs is 1. The van der Waals surface area contributed by atoms with Crippen LogP contribution in [0.3, 0.4) is 0 Å². The van der Waals surface area contributed by atoms with Gasteiger partial charge in [0.25, 0.3) is 5.69 Å². The van der Waals surface area contributed by atoms with Crippen LogP contribution < -0.4 is 0 Å². The molecule has 0 atom stereocenters. The molecule has 0 bridgehead atoms. The van der Waals surface area contributed by atoms with Crippen LogP contribution in [0.2, 0.25) is 0 Å². The van der Waals surface area contributed by atoms with E-state index < -0.39 is 4.92 Å². The first-order valence-corrected chi connectivity index (χ1v) is 7.42. The first-order valence-electron chi connectivity index (χ1n) is 6.62. The molecule has 2 aromatic carbocycles. The minimum atomic E-state index is -0.479. The van der Waals surface area contributed by atoms with Crippen molar-refractivity contribution in [2.45, 2.75) is 6.92 Å². The van der Waals surface area contributed by atoms with Crippen LogP contribution >= 0.6 is 15.9 Å². The third-order valence-corrected chi connectivity index (χ3v) is 4.21. The molecule has 0 radical (unpaired) electrons. The summed E-state index contributed by atoms with van der Waals surface area (Å²) in [5.41, 5.74) is 2.51. The summed E-state index contributed by atoms with van der Waals surface area (Å²) in [6.45, 7) is 1.94. The highest BCUT2D eigenvalue weighted by atomic mass is 79.9. The van der Waals surface area contributed by atoms with Gasteiger partial charge >= 0.3 is 0 Å². The molecule has 1 heterocycles. The second-order valence-corrected chi connectivity index (χ2v) is 5.80. The number of aromatic hydroxyl groups is 1. The zero-order chi connectivity index (χ0) is 16.6. The molecule has 3 aromatic rings. The second-order valence-electron chi connectivity index (χ2n) is 4.94. The number of nitrogens with zero attached hydrogens (tertiary/aromatic N) is 3. The number of nitro groups is 1. The molecule has 116 valence electrons. The Balaban J connectivity index is 1.99. The second kappa shape index (κ2) is 5.81. The van der Waals surface area contributed by atoms with E-state index in [0.29, 0.717) is 11.4 Å². The van der Waals surface area contributed by atoms with E-state index in [4.69, 9.17) is 0 Å². The Labute approximate surface area is 139 Å². The molecule has 2 N–H and O–H groups in total. The van der Waals surface area contributed by atoms with Gasteiger partial charge < -0.3 is 10.1 Å². The molecule has 0 aliphatic carbocycles. The van der Waals surface area contributed by atoms with Crippen molar-refractivity contribution in [1.82, 2.24) is 4.98 Å². The Kier molecular flexibility index (Phi) is 3.83. The molecule has 8 heteroatoms. The molecular weight excluding hydrogens is 364 g/mol. The fourth-order valence-corrected chi connectivity index (χ4v) is 2.49. The average molecular weight is 375 g/mol. The average Bonchev–Trinajstić information content (AvgIpc) is 2.81. The van der Waals surface area contributed by atoms with E-state index in [1.165, 1.54) is 24.3 Å². The van der Waals surface area contributed by atoms with Crippen LogP contribution in [0.25, 0.3) is 10.9 Å². The largest absolute Gasteiger partial charge is 0.493 e. The van der Waals surface area contributed by atoms with Crippen LogP contribution in [0.1, 0.15) is 5.56 Å². The fourth-order valence-electron chi connectivity index (χ4n) is 2.15. The maximum atomic E-state index is 10.6. The van der Waals surface area contributed by atoms with E-state index >= 15 is 0 Å². The highest BCUT2D eigenvalue weighted by Crippen LogP contribution is 2.38. The minimum absolute atomic E-state index is 0.0145. The van der Waals surface area contributed by atoms with Gasteiger partial charge in [-0.05, 0) is 36.8 Å². The number of nitro benzene ring substituents is 1. The van der Waals surface area contributed by atoms with Crippen LogP contribution in [-0.2, 0) is 0 Å². The van der Waals surface area contributed by atoms with Crippen molar-refractivity contribution in [1.29, 1.82) is 0 Å². The van der Waals surface area contributed by atoms with E-state index in [1.807, 2.05) is 19.1 Å². The lowest BCUT2D eigenvalue weighted by molar-refractivity contribution is -0.384. The first-order chi connectivity index (χ1) is 11.0. The number of aromatic nitrogens is 1. The molecule has 0 spiro atoms. The fraction of sp³-hybridized carbons (Fsp3) is 0.0667. The summed E-state index contributed by atoms with van der Waals surface area (Å²) in [7, 11) is 0. The number of aryl methyl sites for hydroxylation is 1. The Hall–Kier alpha value is -2.74. The van der Waals surface area contributed by atoms with Gasteiger partial charge in [0.15, 0.2) is 5.69 Å². The minimum Gasteiger partial charge on any atom is -0.493 e. The normalized spacial score (nSPS) is 11.4. The molecule has 23 heavy (non-hydrogen) atoms. The molecule has 1 aromatic heterocycles. The predicted octanol–water partition coefficient (Wildman–Crippen LogP) is 5.27. The van der Waals surface area contributed by atoms with Gasteiger partial charge in [-0.25, -0.2) is 0 Å². The van der Waals surface area contributed by atoms with Crippen LogP contribution in [-0.4, -0.2) is 15.0 Å². The Morgan fingerprint density at radius 2 is 1.91 bits per heavy atom. The van der Waals surface area contributed by atoms with Crippen molar-refractivity contribution >= 4 is 43.9 Å². The molecule has 0 saturated carbocycles. The highest BCUT2D eigenvalue weighted by molar-refractivity contribution is 9.10. The van der Waals surface area contributed by atoms with Crippen molar-refractivity contribution < 1.29 is 10.0 Å². The monoisotopic (exact) mass is 374 g/mol. The smallest absolute Gasteiger partial charge is 0.269 e. The number of aromatic amines is 1. The quantitative estimate of drug-likeness (QED) is 0.370. The van der Waals surface area contributed by atoms with Crippen LogP contribution in [0.4, 0.5) is 17.1 Å². The van der Waals surface area contributed by atoms with Crippen molar-refractivity contribution in [3.05, 3.63) is 56.5 Å². The summed E-state index contributed by atoms with van der Waals surface area (Å²) >= 11 is 3.43. The molecule has 7 nitrogen and oxygen atoms in total. The summed E-state index contributed by atoms with van der Waals surface area (Å²) in [5.74, 6) is -0.0804. The molecule has 0 fully saturated rings. The van der Waals surface area contributed by atoms with Gasteiger partial charge in [0.1, 0.15) is 0 Å². The summed E-state index contributed by atoms with van der Waals surface area (Å²) in [6, 6.07) is 9.44. The van der Waals surface area contributed by atoms with Gasteiger partial charge in [0.2, 0.25) is 5.88 Å². The molecule has 3 rings (SSSR count). The SMILES string of the molecule is Cc1cc2c(N=Nc3ccc([N+](=O)[O-])cc3)c(O)[nH]c2cc1Br. The van der Waals surface area contributed by atoms with E-state index in [-0.39, 0.29) is 11.6 Å². The summed E-state index contributed by atoms with van der Waals surface area (Å²) < 4.78 is 0.921. The highest BCUT2D eigenvalue weighted by Gasteiger charge is 2.12. The van der Waals surface area contributed by atoms with Gasteiger partial charge in [0.05, 0.1) is 16.1 Å². The standard InChI is InChI=1S/C15H11BrN4O3/c1-8-6-11-13(7-12(8)16)17-15(21)14(11)19-18-9-2-4-10(5-3-9)20(22)23/h2-7,17,21H,1H3. The lowest BCUT2D eigenvalue weighted by Crippen LogP contribution is -1.85. The molecule has 0 amide bonds. The molecule has 0 aliphatic rings. The molecular formula is C15H11BrN4O3. The summed E-state index contributed by atoms with van der Waals surface area (Å²) in [6.07, 6.45) is 0. The third-order valence-electron chi connectivity index (χ3n) is 3.36. The molecule has 0 unspecified atom stereocenters. The zero-order valence-electron chi connectivity index (χ0n) is 11.9. The van der Waals surface area contributed by atoms with E-state index in [9.17, 15) is 15.2 Å². The van der Waals surface area contributed by atoms with Crippen LogP contribution in [0.5, 0.6) is 5.88 Å². The maximum Gasteiger partial charge on any atom is 0.269 e. The number of non-ortho nitro benzene ring substituents is 1. The lowest BCUT2D eigenvalue weighted by Gasteiger charge is -1.98. The van der Waals surface area contributed by atoms with Gasteiger partial charge in [-0.1, -0.05) is 15.9 Å². The van der Waals surface area contributed by atoms with Crippen LogP contribution in [0.15, 0.2) is 51.1 Å². The number of benzene rings is 2. The van der Waals surface area contributed by atoms with Crippen molar-refractivity contribution in [2.24, 2.45) is 10.2 Å². The van der Waals surface area contributed by atoms with E-state index in [1.54, 1.807) is 0 Å². The summed E-state index contributed by atoms with van der Waals surface area (Å²) in [5, 5.41) is 29.5. The topological polar surface area (TPSA) is 104 Å². The van der Waals surface area contributed by atoms with Crippen molar-refractivity contribution in [3.8, 4) is 5.88 Å². The molecule has 0 saturated heterocycles. The van der Waals surface area contributed by atoms with Gasteiger partial charge in [-0.15, -0.1) is 5.11 Å². The van der Waals surface area contributed by atoms with Crippen molar-refractivity contribution in [3.63, 3.8) is 0 Å². The van der Waals surface area contributed by atoms with Crippen LogP contribution in [0, 0.1) is 17.0 Å². The number of halogens is 1. The number of nitrogens with one attached hydrogen (secondary N) is 1. The zero-order valence-corrected chi connectivity index (χ0v) is 13.5. The maximum absolute atomic E-state index is 10.6. The Bertz CT molecular complexity index is 932. The number of rotatable bonds is 3. The third kappa shape index (κ3) is 2.93. The first kappa shape index (κ1) is 15.2. The number of hydrogen-bond acceptors (Lipinski definition) is 5. The van der Waals surface area contributed by atoms with Gasteiger partial charge in [-0.2, -0.15) is 5.11 Å². The van der Waals surface area contributed by atoms with E-state index in [0.717, 1.165) is 20.9 Å². The van der Waals surface area contributed by atoms with Gasteiger partial charge in [-0.3, -0.25) is 10.1 Å². The number of azo groups is 1. The predicted molar refractivity (Wildman–Crippen MR) is 89.7 cm³/mol. The number of H-pyrrole nitrogens is 1. The summed E-state index contributed by atoms with van der Waals surface area (Å²) in [4.78, 5) is 13.0. The van der Waals surface area contributed by atoms with Crippen molar-refractivity contribution in [2.75, 3.05) is 0 Å².